The summed E-state index contributed by atoms with van der Waals surface area (Å²) in [5, 5.41) is 0.311. The fraction of sp³-hybridized carbons (Fsp3) is 0.450. The van der Waals surface area contributed by atoms with E-state index in [1.54, 1.807) is 34.1 Å². The summed E-state index contributed by atoms with van der Waals surface area (Å²) in [5.74, 6) is 3.06. The molecule has 0 aliphatic heterocycles. The maximum Gasteiger partial charge on any atom is 0.573 e. The minimum Gasteiger partial charge on any atom is -0.497 e. The van der Waals surface area contributed by atoms with Crippen molar-refractivity contribution in [1.29, 1.82) is 0 Å². The fourth-order valence-corrected chi connectivity index (χ4v) is 10.3. The minimum atomic E-state index is -4.68. The Hall–Kier alpha value is -7.85. The smallest absolute Gasteiger partial charge is 0.497 e. The van der Waals surface area contributed by atoms with Crippen LogP contribution in [-0.2, 0) is 0 Å². The Morgan fingerprint density at radius 1 is 0.392 bits per heavy atom. The van der Waals surface area contributed by atoms with E-state index in [1.807, 2.05) is 84.0 Å². The van der Waals surface area contributed by atoms with Crippen LogP contribution in [0.15, 0.2) is 109 Å². The van der Waals surface area contributed by atoms with E-state index < -0.39 is 23.8 Å². The van der Waals surface area contributed by atoms with Gasteiger partial charge in [-0.2, -0.15) is 0 Å². The molecule has 10 nitrogen and oxygen atoms in total. The molecular weight excluding hydrogens is 1270 g/mol. The third kappa shape index (κ3) is 27.9. The number of Topliss-reactive ketones (excluding diaryl/α,β-unsaturated/α-hetero) is 2. The second-order valence-corrected chi connectivity index (χ2v) is 25.2. The number of benzene rings is 7. The quantitative estimate of drug-likeness (QED) is 0.0574. The predicted octanol–water partition coefficient (Wildman–Crippen LogP) is 23.8. The highest BCUT2D eigenvalue weighted by atomic mass is 35.5. The lowest BCUT2D eigenvalue weighted by atomic mass is 9.94. The molecule has 536 valence electrons. The van der Waals surface area contributed by atoms with Crippen molar-refractivity contribution in [1.82, 2.24) is 0 Å². The molecule has 0 N–H and O–H groups in total. The zero-order valence-corrected chi connectivity index (χ0v) is 62.8. The van der Waals surface area contributed by atoms with E-state index in [0.717, 1.165) is 28.2 Å². The zero-order valence-electron chi connectivity index (χ0n) is 62.1. The summed E-state index contributed by atoms with van der Waals surface area (Å²) in [7, 11) is 10.3. The van der Waals surface area contributed by atoms with Crippen LogP contribution in [0.2, 0.25) is 5.02 Å². The van der Waals surface area contributed by atoms with Gasteiger partial charge in [0.1, 0.15) is 28.7 Å². The molecule has 0 aromatic heterocycles. The molecule has 0 aliphatic carbocycles. The number of ketones is 2. The minimum absolute atomic E-state index is 0.00282. The Labute approximate surface area is 580 Å². The average Bonchev–Trinajstić information content (AvgIpc) is 0.855. The number of methoxy groups -OCH3 is 7. The number of carbonyl (C=O) groups excluding carboxylic acids is 2. The summed E-state index contributed by atoms with van der Waals surface area (Å²) in [6.45, 7) is 38.4. The van der Waals surface area contributed by atoms with Gasteiger partial charge in [-0.15, -0.1) is 13.2 Å². The molecule has 0 saturated heterocycles. The van der Waals surface area contributed by atoms with Crippen molar-refractivity contribution in [3.8, 4) is 46.0 Å². The molecule has 17 heteroatoms. The number of carbonyl (C=O) groups is 2. The lowest BCUT2D eigenvalue weighted by Gasteiger charge is -2.15. The second-order valence-electron chi connectivity index (χ2n) is 24.9. The van der Waals surface area contributed by atoms with E-state index in [-0.39, 0.29) is 57.9 Å². The molecular formula is C80H107ClF6O10. The molecule has 0 heterocycles. The Balaban J connectivity index is 0.000000568. The largest absolute Gasteiger partial charge is 0.573 e. The van der Waals surface area contributed by atoms with Gasteiger partial charge in [-0.05, 0) is 137 Å². The van der Waals surface area contributed by atoms with Gasteiger partial charge in [-0.3, -0.25) is 9.59 Å². The molecule has 97 heavy (non-hydrogen) atoms. The van der Waals surface area contributed by atoms with E-state index in [4.69, 9.17) is 44.8 Å². The van der Waals surface area contributed by atoms with Crippen LogP contribution in [-0.4, -0.2) is 67.7 Å². The molecule has 0 aliphatic rings. The molecule has 0 saturated carbocycles. The van der Waals surface area contributed by atoms with E-state index in [1.165, 1.54) is 98.8 Å². The molecule has 0 amide bonds. The zero-order chi connectivity index (χ0) is 74.4. The van der Waals surface area contributed by atoms with Crippen LogP contribution >= 0.6 is 11.6 Å². The lowest BCUT2D eigenvalue weighted by molar-refractivity contribution is -0.274. The van der Waals surface area contributed by atoms with Crippen molar-refractivity contribution in [3.63, 3.8) is 0 Å². The Morgan fingerprint density at radius 3 is 1.22 bits per heavy atom. The highest BCUT2D eigenvalue weighted by Gasteiger charge is 2.31. The summed E-state index contributed by atoms with van der Waals surface area (Å²) in [5.41, 5.74) is 12.0. The van der Waals surface area contributed by atoms with Gasteiger partial charge in [0.15, 0.2) is 46.3 Å². The molecule has 0 radical (unpaired) electrons. The van der Waals surface area contributed by atoms with Crippen LogP contribution in [0.1, 0.15) is 241 Å². The average molecular weight is 1380 g/mol. The predicted molar refractivity (Wildman–Crippen MR) is 385 cm³/mol. The molecule has 0 atom stereocenters. The summed E-state index contributed by atoms with van der Waals surface area (Å²) >= 11 is 6.02. The monoisotopic (exact) mass is 1380 g/mol. The third-order valence-corrected chi connectivity index (χ3v) is 15.8. The first-order chi connectivity index (χ1) is 45.4. The van der Waals surface area contributed by atoms with Crippen molar-refractivity contribution in [2.75, 3.05) is 49.8 Å². The van der Waals surface area contributed by atoms with Gasteiger partial charge in [-0.1, -0.05) is 177 Å². The number of halogens is 7. The second kappa shape index (κ2) is 42.7. The topological polar surface area (TPSA) is 108 Å². The Kier molecular flexibility index (Phi) is 38.4. The molecule has 0 bridgehead atoms. The fourth-order valence-electron chi connectivity index (χ4n) is 9.82. The molecule has 7 aromatic carbocycles. The normalized spacial score (nSPS) is 10.7. The first-order valence-electron chi connectivity index (χ1n) is 32.6. The lowest BCUT2D eigenvalue weighted by Crippen LogP contribution is -2.17. The number of ether oxygens (including phenoxy) is 8. The highest BCUT2D eigenvalue weighted by molar-refractivity contribution is 6.33. The number of hydrogen-bond donors (Lipinski definition) is 0. The van der Waals surface area contributed by atoms with Gasteiger partial charge < -0.3 is 37.9 Å². The van der Waals surface area contributed by atoms with Crippen molar-refractivity contribution < 1.29 is 73.8 Å². The van der Waals surface area contributed by atoms with Crippen LogP contribution in [0.3, 0.4) is 0 Å². The van der Waals surface area contributed by atoms with Gasteiger partial charge in [0.05, 0.1) is 54.8 Å². The summed E-state index contributed by atoms with van der Waals surface area (Å²) in [6.07, 6.45) is -3.51. The van der Waals surface area contributed by atoms with Gasteiger partial charge >= 0.3 is 6.36 Å². The van der Waals surface area contributed by atoms with Crippen LogP contribution in [0, 0.1) is 38.2 Å². The van der Waals surface area contributed by atoms with Crippen molar-refractivity contribution in [2.45, 2.75) is 192 Å². The van der Waals surface area contributed by atoms with Gasteiger partial charge in [0.25, 0.3) is 0 Å². The number of alkyl halides is 3. The van der Waals surface area contributed by atoms with E-state index >= 15 is 0 Å². The number of rotatable bonds is 19. The third-order valence-electron chi connectivity index (χ3n) is 15.4. The molecule has 0 spiro atoms. The van der Waals surface area contributed by atoms with Gasteiger partial charge in [0.2, 0.25) is 0 Å². The Morgan fingerprint density at radius 2 is 0.814 bits per heavy atom. The molecule has 0 fully saturated rings. The van der Waals surface area contributed by atoms with Gasteiger partial charge in [-0.25, -0.2) is 13.2 Å². The first-order valence-corrected chi connectivity index (χ1v) is 33.0. The highest BCUT2D eigenvalue weighted by Crippen LogP contribution is 2.40. The van der Waals surface area contributed by atoms with Crippen molar-refractivity contribution in [3.05, 3.63) is 198 Å². The maximum absolute atomic E-state index is 13.8. The standard InChI is InChI=1S/C13H18O.C12H18O2.C12H16O.C11H14ClFO2.C11H13F3O2.C11H14F2O2.C10H14/c1-5-13(14)11-7-6-10(4)12(8-11)9(2)3;1-8(2)11-6-10(13-4)7-12(14-5)9(11)3;1-4-12(13)11-7-5-6-10(8-11)9(2)3;1-6(2)9-10(12)7(14-3)5-8(15-4)11(9)13;1-7(2)8-4-9(15-3)6-10(5-8)16-11(12,13)14;1-6(2)9-10(12)7(14-3)5-8(15-4)11(9)13;1-8(2)10-7-5-4-6-9(10)3/h6-9H,5H2,1-4H3;6-8H,1-5H3;5-9H,4H2,1-3H3;5-6H,1-4H3;4-7H,1-3H3;5-6H,1-4H3;4-8H,1-3H3. The summed E-state index contributed by atoms with van der Waals surface area (Å²) in [4.78, 5) is 22.9. The SMILES string of the molecule is CCC(=O)c1ccc(C)c(C(C)C)c1.CCC(=O)c1cccc(C(C)C)c1.COc1cc(OC(F)(F)F)cc(C(C)C)c1.COc1cc(OC)c(C)c(C(C)C)c1.COc1cc(OC)c(Cl)c(C(C)C)c1F.COc1cc(OC)c(F)c(C(C)C)c1F.Cc1ccccc1C(C)C. The van der Waals surface area contributed by atoms with Crippen molar-refractivity contribution in [2.24, 2.45) is 0 Å². The van der Waals surface area contributed by atoms with Crippen LogP contribution in [0.4, 0.5) is 26.3 Å². The van der Waals surface area contributed by atoms with Crippen LogP contribution < -0.4 is 37.9 Å². The first kappa shape index (κ1) is 87.2. The van der Waals surface area contributed by atoms with E-state index in [2.05, 4.69) is 117 Å². The number of aryl methyl sites for hydroxylation is 2. The van der Waals surface area contributed by atoms with E-state index in [9.17, 15) is 35.9 Å². The maximum atomic E-state index is 13.8. The summed E-state index contributed by atoms with van der Waals surface area (Å²) < 4.78 is 116. The van der Waals surface area contributed by atoms with Gasteiger partial charge in [0, 0.05) is 59.4 Å². The van der Waals surface area contributed by atoms with E-state index in [0.29, 0.717) is 58.6 Å². The molecule has 7 rings (SSSR count). The summed E-state index contributed by atoms with van der Waals surface area (Å²) in [6, 6.07) is 33.3. The van der Waals surface area contributed by atoms with Crippen LogP contribution in [0.5, 0.6) is 46.0 Å². The Bertz CT molecular complexity index is 3430. The molecule has 0 unspecified atom stereocenters. The van der Waals surface area contributed by atoms with Crippen LogP contribution in [0.25, 0.3) is 0 Å². The number of hydrogen-bond acceptors (Lipinski definition) is 10. The molecule has 7 aromatic rings. The van der Waals surface area contributed by atoms with Crippen molar-refractivity contribution >= 4 is 23.2 Å².